The summed E-state index contributed by atoms with van der Waals surface area (Å²) in [6.07, 6.45) is 0. The molecule has 0 saturated heterocycles. The van der Waals surface area contributed by atoms with E-state index in [2.05, 4.69) is 0 Å². The summed E-state index contributed by atoms with van der Waals surface area (Å²) < 4.78 is 5.76. The predicted octanol–water partition coefficient (Wildman–Crippen LogP) is 3.48. The minimum Gasteiger partial charge on any atom is -0.459 e. The second-order valence-electron chi connectivity index (χ2n) is 4.07. The van der Waals surface area contributed by atoms with Crippen molar-refractivity contribution in [3.63, 3.8) is 0 Å². The molecular weight excluding hydrogens is 210 g/mol. The number of nitrogens with two attached hydrogens (primary N) is 1. The smallest absolute Gasteiger partial charge is 0.134 e. The molecule has 3 rings (SSSR count). The molecular formula is C15H13NO. The molecule has 1 unspecified atom stereocenters. The molecule has 2 aromatic carbocycles. The van der Waals surface area contributed by atoms with E-state index in [1.807, 2.05) is 60.7 Å². The van der Waals surface area contributed by atoms with Gasteiger partial charge in [-0.1, -0.05) is 48.5 Å². The topological polar surface area (TPSA) is 39.2 Å². The zero-order chi connectivity index (χ0) is 11.7. The van der Waals surface area contributed by atoms with Crippen LogP contribution in [0.25, 0.3) is 11.0 Å². The van der Waals surface area contributed by atoms with Crippen molar-refractivity contribution >= 4 is 11.0 Å². The third-order valence-corrected chi connectivity index (χ3v) is 2.91. The Balaban J connectivity index is 2.04. The van der Waals surface area contributed by atoms with Gasteiger partial charge in [-0.05, 0) is 17.7 Å². The maximum Gasteiger partial charge on any atom is 0.134 e. The molecule has 84 valence electrons. The van der Waals surface area contributed by atoms with Crippen molar-refractivity contribution in [3.05, 3.63) is 72.0 Å². The number of benzene rings is 2. The number of furan rings is 1. The largest absolute Gasteiger partial charge is 0.459 e. The molecule has 3 aromatic rings. The Hall–Kier alpha value is -2.06. The quantitative estimate of drug-likeness (QED) is 0.722. The van der Waals surface area contributed by atoms with Crippen molar-refractivity contribution in [1.82, 2.24) is 0 Å². The zero-order valence-electron chi connectivity index (χ0n) is 9.34. The van der Waals surface area contributed by atoms with Crippen molar-refractivity contribution in [2.45, 2.75) is 6.04 Å². The van der Waals surface area contributed by atoms with Crippen LogP contribution in [-0.2, 0) is 0 Å². The second kappa shape index (κ2) is 4.07. The van der Waals surface area contributed by atoms with Gasteiger partial charge >= 0.3 is 0 Å². The van der Waals surface area contributed by atoms with Crippen LogP contribution in [0.2, 0.25) is 0 Å². The molecule has 17 heavy (non-hydrogen) atoms. The van der Waals surface area contributed by atoms with Crippen LogP contribution in [0.5, 0.6) is 0 Å². The Kier molecular flexibility index (Phi) is 2.42. The van der Waals surface area contributed by atoms with Gasteiger partial charge in [0.25, 0.3) is 0 Å². The Labute approximate surface area is 99.7 Å². The first kappa shape index (κ1) is 10.1. The number of hydrogen-bond donors (Lipinski definition) is 1. The Bertz CT molecular complexity index is 594. The summed E-state index contributed by atoms with van der Waals surface area (Å²) in [6.45, 7) is 0. The normalized spacial score (nSPS) is 12.8. The van der Waals surface area contributed by atoms with Gasteiger partial charge in [0.05, 0.1) is 6.04 Å². The fourth-order valence-corrected chi connectivity index (χ4v) is 1.98. The number of rotatable bonds is 2. The van der Waals surface area contributed by atoms with Crippen molar-refractivity contribution in [2.24, 2.45) is 5.73 Å². The first-order chi connectivity index (χ1) is 8.34. The standard InChI is InChI=1S/C15H13NO/c16-15(11-6-2-1-3-7-11)14-10-12-8-4-5-9-13(12)17-14/h1-10,15H,16H2. The molecule has 2 N–H and O–H groups in total. The van der Waals surface area contributed by atoms with Crippen LogP contribution in [0, 0.1) is 0 Å². The van der Waals surface area contributed by atoms with E-state index in [1.165, 1.54) is 0 Å². The summed E-state index contributed by atoms with van der Waals surface area (Å²) in [4.78, 5) is 0. The number of hydrogen-bond acceptors (Lipinski definition) is 2. The first-order valence-electron chi connectivity index (χ1n) is 5.63. The fraction of sp³-hybridized carbons (Fsp3) is 0.0667. The van der Waals surface area contributed by atoms with E-state index in [4.69, 9.17) is 10.2 Å². The van der Waals surface area contributed by atoms with Crippen LogP contribution < -0.4 is 5.73 Å². The summed E-state index contributed by atoms with van der Waals surface area (Å²) in [5, 5.41) is 1.09. The predicted molar refractivity (Wildman–Crippen MR) is 68.7 cm³/mol. The summed E-state index contributed by atoms with van der Waals surface area (Å²) in [5.74, 6) is 0.803. The molecule has 1 aromatic heterocycles. The Morgan fingerprint density at radius 3 is 2.35 bits per heavy atom. The lowest BCUT2D eigenvalue weighted by atomic mass is 10.1. The Morgan fingerprint density at radius 1 is 0.882 bits per heavy atom. The molecule has 0 bridgehead atoms. The zero-order valence-corrected chi connectivity index (χ0v) is 9.34. The first-order valence-corrected chi connectivity index (χ1v) is 5.63. The van der Waals surface area contributed by atoms with Gasteiger partial charge < -0.3 is 10.2 Å². The van der Waals surface area contributed by atoms with Gasteiger partial charge in [0, 0.05) is 5.39 Å². The molecule has 1 atom stereocenters. The lowest BCUT2D eigenvalue weighted by molar-refractivity contribution is 0.525. The third-order valence-electron chi connectivity index (χ3n) is 2.91. The van der Waals surface area contributed by atoms with Crippen LogP contribution in [-0.4, -0.2) is 0 Å². The van der Waals surface area contributed by atoms with E-state index < -0.39 is 0 Å². The van der Waals surface area contributed by atoms with Crippen molar-refractivity contribution in [1.29, 1.82) is 0 Å². The lowest BCUT2D eigenvalue weighted by Gasteiger charge is -2.07. The summed E-state index contributed by atoms with van der Waals surface area (Å²) in [5.41, 5.74) is 8.13. The second-order valence-corrected chi connectivity index (χ2v) is 4.07. The SMILES string of the molecule is NC(c1ccccc1)c1cc2ccccc2o1. The number of para-hydroxylation sites is 1. The van der Waals surface area contributed by atoms with E-state index in [-0.39, 0.29) is 6.04 Å². The highest BCUT2D eigenvalue weighted by Crippen LogP contribution is 2.26. The highest BCUT2D eigenvalue weighted by Gasteiger charge is 2.13. The van der Waals surface area contributed by atoms with Crippen LogP contribution in [0.3, 0.4) is 0 Å². The van der Waals surface area contributed by atoms with E-state index in [9.17, 15) is 0 Å². The minimum atomic E-state index is -0.205. The van der Waals surface area contributed by atoms with Crippen LogP contribution in [0.1, 0.15) is 17.4 Å². The highest BCUT2D eigenvalue weighted by atomic mass is 16.3. The maximum atomic E-state index is 6.19. The van der Waals surface area contributed by atoms with Crippen LogP contribution in [0.15, 0.2) is 65.1 Å². The molecule has 0 aliphatic carbocycles. The highest BCUT2D eigenvalue weighted by molar-refractivity contribution is 5.77. The summed E-state index contributed by atoms with van der Waals surface area (Å²) in [7, 11) is 0. The van der Waals surface area contributed by atoms with Gasteiger partial charge in [-0.25, -0.2) is 0 Å². The average molecular weight is 223 g/mol. The summed E-state index contributed by atoms with van der Waals surface area (Å²) in [6, 6.07) is 19.7. The fourth-order valence-electron chi connectivity index (χ4n) is 1.98. The van der Waals surface area contributed by atoms with Crippen molar-refractivity contribution in [3.8, 4) is 0 Å². The van der Waals surface area contributed by atoms with Gasteiger partial charge in [0.1, 0.15) is 11.3 Å². The van der Waals surface area contributed by atoms with E-state index in [0.717, 1.165) is 22.3 Å². The third kappa shape index (κ3) is 1.83. The molecule has 0 radical (unpaired) electrons. The number of fused-ring (bicyclic) bond motifs is 1. The molecule has 2 nitrogen and oxygen atoms in total. The van der Waals surface area contributed by atoms with Crippen LogP contribution >= 0.6 is 0 Å². The molecule has 1 heterocycles. The van der Waals surface area contributed by atoms with E-state index >= 15 is 0 Å². The molecule has 0 saturated carbocycles. The molecule has 2 heteroatoms. The molecule has 0 fully saturated rings. The Morgan fingerprint density at radius 2 is 1.59 bits per heavy atom. The van der Waals surface area contributed by atoms with Crippen LogP contribution in [0.4, 0.5) is 0 Å². The minimum absolute atomic E-state index is 0.205. The summed E-state index contributed by atoms with van der Waals surface area (Å²) >= 11 is 0. The van der Waals surface area contributed by atoms with Gasteiger partial charge in [0.15, 0.2) is 0 Å². The van der Waals surface area contributed by atoms with Gasteiger partial charge in [-0.3, -0.25) is 0 Å². The van der Waals surface area contributed by atoms with Crippen molar-refractivity contribution in [2.75, 3.05) is 0 Å². The monoisotopic (exact) mass is 223 g/mol. The van der Waals surface area contributed by atoms with Gasteiger partial charge in [-0.15, -0.1) is 0 Å². The van der Waals surface area contributed by atoms with E-state index in [0.29, 0.717) is 0 Å². The molecule has 0 amide bonds. The van der Waals surface area contributed by atoms with Crippen molar-refractivity contribution < 1.29 is 4.42 Å². The molecule has 0 aliphatic rings. The van der Waals surface area contributed by atoms with Gasteiger partial charge in [0.2, 0.25) is 0 Å². The average Bonchev–Trinajstić information content (AvgIpc) is 2.82. The maximum absolute atomic E-state index is 6.19. The van der Waals surface area contributed by atoms with E-state index in [1.54, 1.807) is 0 Å². The lowest BCUT2D eigenvalue weighted by Crippen LogP contribution is -2.10. The molecule has 0 aliphatic heterocycles. The molecule has 0 spiro atoms. The van der Waals surface area contributed by atoms with Gasteiger partial charge in [-0.2, -0.15) is 0 Å².